The molecule has 9 aromatic carbocycles. The summed E-state index contributed by atoms with van der Waals surface area (Å²) in [6, 6.07) is 20.7. The second-order valence-corrected chi connectivity index (χ2v) is 15.7. The van der Waals surface area contributed by atoms with Crippen molar-refractivity contribution in [1.82, 2.24) is 4.57 Å². The fourth-order valence-electron chi connectivity index (χ4n) is 10.1. The first kappa shape index (κ1) is 41.2. The molecule has 13 heteroatoms. The lowest BCUT2D eigenvalue weighted by Gasteiger charge is -2.15. The van der Waals surface area contributed by atoms with Gasteiger partial charge in [0.1, 0.15) is 0 Å². The highest BCUT2D eigenvalue weighted by atomic mass is 16.5. The molecule has 0 unspecified atom stereocenters. The third kappa shape index (κ3) is 5.70. The van der Waals surface area contributed by atoms with E-state index in [4.69, 9.17) is 47.4 Å². The fourth-order valence-corrected chi connectivity index (χ4v) is 10.1. The Balaban J connectivity index is 1.56. The van der Waals surface area contributed by atoms with Crippen molar-refractivity contribution in [3.8, 4) is 57.5 Å². The summed E-state index contributed by atoms with van der Waals surface area (Å²) in [7, 11) is 15.8. The maximum atomic E-state index is 15.2. The number of benzene rings is 7. The largest absolute Gasteiger partial charge is 0.493 e. The third-order valence-electron chi connectivity index (χ3n) is 13.0. The minimum atomic E-state index is -0.189. The Morgan fingerprint density at radius 3 is 0.908 bits per heavy atom. The van der Waals surface area contributed by atoms with Crippen LogP contribution in [0.2, 0.25) is 0 Å². The average molecular weight is 876 g/mol. The van der Waals surface area contributed by atoms with Crippen molar-refractivity contribution in [1.29, 1.82) is 0 Å². The van der Waals surface area contributed by atoms with Crippen LogP contribution in [0.5, 0.6) is 57.5 Å². The number of aromatic nitrogens is 1. The highest BCUT2D eigenvalue weighted by Gasteiger charge is 2.31. The molecular weight excluding hydrogens is 831 g/mol. The van der Waals surface area contributed by atoms with Crippen molar-refractivity contribution in [2.45, 2.75) is 13.0 Å². The van der Waals surface area contributed by atoms with Gasteiger partial charge < -0.3 is 51.9 Å². The van der Waals surface area contributed by atoms with Gasteiger partial charge in [0.25, 0.3) is 0 Å². The van der Waals surface area contributed by atoms with Gasteiger partial charge in [0.2, 0.25) is 0 Å². The first-order valence-electron chi connectivity index (χ1n) is 20.8. The molecule has 0 fully saturated rings. The van der Waals surface area contributed by atoms with Gasteiger partial charge in [-0.3, -0.25) is 9.59 Å². The van der Waals surface area contributed by atoms with Crippen LogP contribution in [0.4, 0.5) is 0 Å². The highest BCUT2D eigenvalue weighted by Crippen LogP contribution is 2.53. The Morgan fingerprint density at radius 1 is 0.323 bits per heavy atom. The molecule has 0 aliphatic carbocycles. The molecule has 13 nitrogen and oxygen atoms in total. The monoisotopic (exact) mass is 875 g/mol. The molecular formula is C52H45NO12. The number of fused-ring (bicyclic) bond motifs is 17. The summed E-state index contributed by atoms with van der Waals surface area (Å²) < 4.78 is 60.6. The number of hydrogen-bond donors (Lipinski definition) is 0. The maximum Gasteiger partial charge on any atom is 0.195 e. The molecule has 1 aromatic heterocycles. The number of nitrogens with zero attached hydrogens (tertiary/aromatic N) is 1. The van der Waals surface area contributed by atoms with Crippen LogP contribution in [0.25, 0.3) is 86.4 Å². The molecule has 0 bridgehead atoms. The smallest absolute Gasteiger partial charge is 0.195 e. The summed E-state index contributed by atoms with van der Waals surface area (Å²) in [5, 5.41) is 9.02. The number of hydrogen-bond acceptors (Lipinski definition) is 12. The van der Waals surface area contributed by atoms with Gasteiger partial charge in [0.15, 0.2) is 68.4 Å². The van der Waals surface area contributed by atoms with Crippen LogP contribution in [0.1, 0.15) is 5.56 Å². The maximum absolute atomic E-state index is 15.2. The van der Waals surface area contributed by atoms with Gasteiger partial charge >= 0.3 is 0 Å². The van der Waals surface area contributed by atoms with Gasteiger partial charge in [0, 0.05) is 49.6 Å². The van der Waals surface area contributed by atoms with Gasteiger partial charge in [0.05, 0.1) is 82.1 Å². The first-order valence-corrected chi connectivity index (χ1v) is 20.8. The summed E-state index contributed by atoms with van der Waals surface area (Å²) in [4.78, 5) is 30.4. The Labute approximate surface area is 371 Å². The number of ether oxygens (including phenoxy) is 10. The lowest BCUT2D eigenvalue weighted by molar-refractivity contribution is 0.354. The summed E-state index contributed by atoms with van der Waals surface area (Å²) in [5.74, 6) is 4.82. The second-order valence-electron chi connectivity index (χ2n) is 15.7. The van der Waals surface area contributed by atoms with Crippen LogP contribution < -0.4 is 58.2 Å². The van der Waals surface area contributed by atoms with E-state index in [-0.39, 0.29) is 10.9 Å². The molecule has 1 heterocycles. The van der Waals surface area contributed by atoms with E-state index in [0.717, 1.165) is 38.1 Å². The molecule has 0 aliphatic heterocycles. The van der Waals surface area contributed by atoms with Crippen LogP contribution >= 0.6 is 0 Å². The summed E-state index contributed by atoms with van der Waals surface area (Å²) in [6.07, 6.45) is 0.510. The third-order valence-corrected chi connectivity index (χ3v) is 13.0. The Kier molecular flexibility index (Phi) is 9.81. The van der Waals surface area contributed by atoms with E-state index in [2.05, 4.69) is 4.57 Å². The molecule has 65 heavy (non-hydrogen) atoms. The molecule has 0 saturated heterocycles. The van der Waals surface area contributed by atoms with Crippen LogP contribution in [0.3, 0.4) is 0 Å². The minimum absolute atomic E-state index is 0.189. The zero-order valence-electron chi connectivity index (χ0n) is 37.6. The van der Waals surface area contributed by atoms with Crippen molar-refractivity contribution in [3.05, 3.63) is 92.7 Å². The van der Waals surface area contributed by atoms with Crippen molar-refractivity contribution in [2.75, 3.05) is 71.1 Å². The van der Waals surface area contributed by atoms with Gasteiger partial charge in [-0.05, 0) is 105 Å². The van der Waals surface area contributed by atoms with Gasteiger partial charge in [-0.15, -0.1) is 0 Å². The van der Waals surface area contributed by atoms with Gasteiger partial charge in [-0.2, -0.15) is 0 Å². The fraction of sp³-hybridized carbons (Fsp3) is 0.231. The Morgan fingerprint density at radius 2 is 0.585 bits per heavy atom. The predicted molar refractivity (Wildman–Crippen MR) is 255 cm³/mol. The summed E-state index contributed by atoms with van der Waals surface area (Å²) in [6.45, 7) is 0.388. The predicted octanol–water partition coefficient (Wildman–Crippen LogP) is 9.64. The molecule has 0 spiro atoms. The molecule has 10 aromatic rings. The first-order chi connectivity index (χ1) is 31.6. The molecule has 0 N–H and O–H groups in total. The Bertz CT molecular complexity index is 3510. The van der Waals surface area contributed by atoms with Gasteiger partial charge in [-0.25, -0.2) is 0 Å². The standard InChI is InChI=1S/C52H45NO12/c1-56-33-12-11-24(15-34(33)57-2)13-14-53-49-43(25-16-35(58-3)37(60-5)18-27(25)47-45(49)29-20-39(62-7)41(64-9)22-31(29)51(47)54)44-26-17-36(59-4)38(61-6)19-28(26)48-46(50(44)53)30-21-40(63-8)42(65-10)23-32(30)52(48)55/h11-12,15-23H,13-14H2,1-10H3. The SMILES string of the molecule is COc1ccc(CCn2c3c4c5cc(OC)c(OC)cc5c(=O)c4c4cc(OC)c(OC)cc4c3c3c4cc(OC)c(OC)cc4c4c(=O)c5cc(OC)c(OC)cc5c4c32)cc1OC. The quantitative estimate of drug-likeness (QED) is 0.109. The molecule has 0 saturated carbocycles. The minimum Gasteiger partial charge on any atom is -0.493 e. The van der Waals surface area contributed by atoms with E-state index in [9.17, 15) is 0 Å². The van der Waals surface area contributed by atoms with E-state index in [1.54, 1.807) is 83.2 Å². The highest BCUT2D eigenvalue weighted by molar-refractivity contribution is 6.45. The summed E-state index contributed by atoms with van der Waals surface area (Å²) >= 11 is 0. The van der Waals surface area contributed by atoms with E-state index >= 15 is 9.59 Å². The zero-order chi connectivity index (χ0) is 45.6. The topological polar surface area (TPSA) is 131 Å². The second kappa shape index (κ2) is 15.5. The number of methoxy groups -OCH3 is 10. The molecule has 0 amide bonds. The van der Waals surface area contributed by atoms with Gasteiger partial charge in [-0.1, -0.05) is 6.07 Å². The van der Waals surface area contributed by atoms with E-state index < -0.39 is 0 Å². The normalized spacial score (nSPS) is 11.8. The lowest BCUT2D eigenvalue weighted by Crippen LogP contribution is -2.04. The molecule has 10 rings (SSSR count). The molecule has 330 valence electrons. The van der Waals surface area contributed by atoms with E-state index in [1.807, 2.05) is 54.6 Å². The van der Waals surface area contributed by atoms with Crippen molar-refractivity contribution in [2.24, 2.45) is 0 Å². The van der Waals surface area contributed by atoms with E-state index in [0.29, 0.717) is 124 Å². The molecule has 0 atom stereocenters. The average Bonchev–Trinajstić information content (AvgIpc) is 3.94. The van der Waals surface area contributed by atoms with Crippen LogP contribution in [0, 0.1) is 0 Å². The van der Waals surface area contributed by atoms with Crippen molar-refractivity contribution in [3.63, 3.8) is 0 Å². The van der Waals surface area contributed by atoms with Crippen molar-refractivity contribution >= 4 is 86.4 Å². The van der Waals surface area contributed by atoms with Crippen molar-refractivity contribution < 1.29 is 47.4 Å². The molecule has 0 radical (unpaired) electrons. The van der Waals surface area contributed by atoms with E-state index in [1.165, 1.54) is 0 Å². The van der Waals surface area contributed by atoms with Crippen LogP contribution in [-0.2, 0) is 13.0 Å². The number of aryl methyl sites for hydroxylation is 2. The van der Waals surface area contributed by atoms with Crippen LogP contribution in [-0.4, -0.2) is 75.7 Å². The lowest BCUT2D eigenvalue weighted by atomic mass is 9.93. The Hall–Kier alpha value is -7.80. The van der Waals surface area contributed by atoms with Crippen LogP contribution in [0.15, 0.2) is 76.3 Å². The zero-order valence-corrected chi connectivity index (χ0v) is 37.6. The molecule has 0 aliphatic rings. The summed E-state index contributed by atoms with van der Waals surface area (Å²) in [5.41, 5.74) is 2.12. The number of rotatable bonds is 13.